The number of rotatable bonds is 4. The van der Waals surface area contributed by atoms with Gasteiger partial charge in [0.2, 0.25) is 0 Å². The number of sulfonamides is 1. The Morgan fingerprint density at radius 1 is 1.10 bits per heavy atom. The van der Waals surface area contributed by atoms with Crippen LogP contribution in [0, 0.1) is 6.92 Å². The molecule has 1 N–H and O–H groups in total. The highest BCUT2D eigenvalue weighted by molar-refractivity contribution is 7.92. The summed E-state index contributed by atoms with van der Waals surface area (Å²) in [6, 6.07) is 8.89. The lowest BCUT2D eigenvalue weighted by Crippen LogP contribution is -2.14. The lowest BCUT2D eigenvalue weighted by Gasteiger charge is -2.13. The molecule has 1 aromatic carbocycles. The standard InChI is InChI=1S/C21H23N7O2S/c1-14-17-12-15(13-22-20(17)27(2)25-14)31(29,30)26-18-9-6-5-8-16(18)21-24-23-19-10-4-3-7-11-28(19)21/h5-6,8-9,12-13,26H,3-4,7,10-11H2,1-2H3. The van der Waals surface area contributed by atoms with Gasteiger partial charge in [-0.3, -0.25) is 9.40 Å². The number of benzene rings is 1. The summed E-state index contributed by atoms with van der Waals surface area (Å²) in [6.07, 6.45) is 5.55. The van der Waals surface area contributed by atoms with Crippen molar-refractivity contribution in [1.29, 1.82) is 0 Å². The summed E-state index contributed by atoms with van der Waals surface area (Å²) < 4.78 is 32.9. The lowest BCUT2D eigenvalue weighted by atomic mass is 10.1. The SMILES string of the molecule is Cc1nn(C)c2ncc(S(=O)(=O)Nc3ccccc3-c3nnc4n3CCCCC4)cc12. The molecule has 1 aliphatic rings. The molecule has 3 aromatic heterocycles. The Hall–Kier alpha value is -3.27. The van der Waals surface area contributed by atoms with Gasteiger partial charge in [0.25, 0.3) is 10.0 Å². The zero-order valence-electron chi connectivity index (χ0n) is 17.4. The first-order valence-electron chi connectivity index (χ1n) is 10.3. The predicted molar refractivity (Wildman–Crippen MR) is 117 cm³/mol. The minimum Gasteiger partial charge on any atom is -0.311 e. The molecule has 1 aliphatic heterocycles. The van der Waals surface area contributed by atoms with Crippen LogP contribution >= 0.6 is 0 Å². The quantitative estimate of drug-likeness (QED) is 0.526. The molecule has 0 spiro atoms. The first-order valence-corrected chi connectivity index (χ1v) is 11.8. The van der Waals surface area contributed by atoms with Gasteiger partial charge in [0.1, 0.15) is 10.7 Å². The van der Waals surface area contributed by atoms with Crippen molar-refractivity contribution in [3.63, 3.8) is 0 Å². The van der Waals surface area contributed by atoms with E-state index in [0.717, 1.165) is 43.7 Å². The van der Waals surface area contributed by atoms with E-state index in [4.69, 9.17) is 0 Å². The summed E-state index contributed by atoms with van der Waals surface area (Å²) in [5.41, 5.74) is 2.54. The fraction of sp³-hybridized carbons (Fsp3) is 0.333. The van der Waals surface area contributed by atoms with Gasteiger partial charge >= 0.3 is 0 Å². The van der Waals surface area contributed by atoms with Gasteiger partial charge < -0.3 is 4.57 Å². The van der Waals surface area contributed by atoms with Gasteiger partial charge in [-0.2, -0.15) is 5.10 Å². The van der Waals surface area contributed by atoms with E-state index in [1.54, 1.807) is 29.9 Å². The average molecular weight is 438 g/mol. The van der Waals surface area contributed by atoms with Crippen molar-refractivity contribution in [3.8, 4) is 11.4 Å². The van der Waals surface area contributed by atoms with Crippen LogP contribution in [-0.4, -0.2) is 37.9 Å². The van der Waals surface area contributed by atoms with Gasteiger partial charge in [-0.1, -0.05) is 18.6 Å². The van der Waals surface area contributed by atoms with E-state index < -0.39 is 10.0 Å². The molecule has 9 nitrogen and oxygen atoms in total. The number of hydrogen-bond acceptors (Lipinski definition) is 6. The monoisotopic (exact) mass is 437 g/mol. The molecule has 0 bridgehead atoms. The topological polar surface area (TPSA) is 108 Å². The zero-order valence-corrected chi connectivity index (χ0v) is 18.2. The van der Waals surface area contributed by atoms with Crippen molar-refractivity contribution >= 4 is 26.7 Å². The highest BCUT2D eigenvalue weighted by Crippen LogP contribution is 2.31. The van der Waals surface area contributed by atoms with Gasteiger partial charge in [-0.25, -0.2) is 13.4 Å². The third-order valence-electron chi connectivity index (χ3n) is 5.67. The third-order valence-corrected chi connectivity index (χ3v) is 7.00. The molecule has 0 amide bonds. The van der Waals surface area contributed by atoms with Gasteiger partial charge in [0, 0.05) is 37.2 Å². The average Bonchev–Trinajstić information content (AvgIpc) is 3.18. The summed E-state index contributed by atoms with van der Waals surface area (Å²) in [5, 5.41) is 13.8. The van der Waals surface area contributed by atoms with Crippen molar-refractivity contribution in [3.05, 3.63) is 48.0 Å². The molecule has 0 unspecified atom stereocenters. The Bertz CT molecular complexity index is 1390. The molecule has 0 saturated heterocycles. The van der Waals surface area contributed by atoms with Crippen molar-refractivity contribution in [2.24, 2.45) is 7.05 Å². The normalized spacial score (nSPS) is 14.4. The largest absolute Gasteiger partial charge is 0.311 e. The molecule has 4 heterocycles. The van der Waals surface area contributed by atoms with Crippen LogP contribution in [0.15, 0.2) is 41.4 Å². The van der Waals surface area contributed by atoms with Crippen molar-refractivity contribution in [2.75, 3.05) is 4.72 Å². The maximum Gasteiger partial charge on any atom is 0.263 e. The molecular weight excluding hydrogens is 414 g/mol. The second-order valence-electron chi connectivity index (χ2n) is 7.80. The van der Waals surface area contributed by atoms with E-state index in [0.29, 0.717) is 28.1 Å². The number of aryl methyl sites for hydroxylation is 3. The maximum absolute atomic E-state index is 13.2. The van der Waals surface area contributed by atoms with E-state index in [2.05, 4.69) is 29.6 Å². The molecule has 31 heavy (non-hydrogen) atoms. The van der Waals surface area contributed by atoms with Crippen LogP contribution < -0.4 is 4.72 Å². The van der Waals surface area contributed by atoms with Crippen LogP contribution in [0.2, 0.25) is 0 Å². The van der Waals surface area contributed by atoms with E-state index in [1.807, 2.05) is 19.1 Å². The molecule has 0 atom stereocenters. The number of anilines is 1. The highest BCUT2D eigenvalue weighted by Gasteiger charge is 2.22. The van der Waals surface area contributed by atoms with Crippen molar-refractivity contribution in [2.45, 2.75) is 44.0 Å². The maximum atomic E-state index is 13.2. The molecule has 0 saturated carbocycles. The number of hydrogen-bond donors (Lipinski definition) is 1. The van der Waals surface area contributed by atoms with Crippen LogP contribution in [-0.2, 0) is 30.0 Å². The number of nitrogens with zero attached hydrogens (tertiary/aromatic N) is 6. The highest BCUT2D eigenvalue weighted by atomic mass is 32.2. The Labute approximate surface area is 180 Å². The van der Waals surface area contributed by atoms with E-state index in [-0.39, 0.29) is 4.90 Å². The van der Waals surface area contributed by atoms with Crippen LogP contribution in [0.4, 0.5) is 5.69 Å². The van der Waals surface area contributed by atoms with Gasteiger partial charge in [-0.15, -0.1) is 10.2 Å². The van der Waals surface area contributed by atoms with Gasteiger partial charge in [0.05, 0.1) is 11.4 Å². The molecule has 5 rings (SSSR count). The summed E-state index contributed by atoms with van der Waals surface area (Å²) in [5.74, 6) is 1.64. The van der Waals surface area contributed by atoms with Crippen LogP contribution in [0.1, 0.15) is 30.8 Å². The zero-order chi connectivity index (χ0) is 21.6. The second-order valence-corrected chi connectivity index (χ2v) is 9.49. The molecule has 0 fully saturated rings. The molecule has 0 radical (unpaired) electrons. The molecule has 160 valence electrons. The smallest absolute Gasteiger partial charge is 0.263 e. The van der Waals surface area contributed by atoms with Crippen LogP contribution in [0.25, 0.3) is 22.4 Å². The fourth-order valence-corrected chi connectivity index (χ4v) is 5.14. The molecule has 10 heteroatoms. The lowest BCUT2D eigenvalue weighted by molar-refractivity contribution is 0.601. The van der Waals surface area contributed by atoms with E-state index in [9.17, 15) is 8.42 Å². The number of fused-ring (bicyclic) bond motifs is 2. The minimum atomic E-state index is -3.86. The predicted octanol–water partition coefficient (Wildman–Crippen LogP) is 3.06. The number of aromatic nitrogens is 6. The first-order chi connectivity index (χ1) is 14.9. The Balaban J connectivity index is 1.54. The van der Waals surface area contributed by atoms with Gasteiger partial charge in [-0.05, 0) is 38.0 Å². The Kier molecular flexibility index (Phi) is 4.73. The van der Waals surface area contributed by atoms with Crippen molar-refractivity contribution < 1.29 is 8.42 Å². The Morgan fingerprint density at radius 2 is 1.94 bits per heavy atom. The summed E-state index contributed by atoms with van der Waals surface area (Å²) >= 11 is 0. The molecule has 4 aromatic rings. The minimum absolute atomic E-state index is 0.0889. The summed E-state index contributed by atoms with van der Waals surface area (Å²) in [4.78, 5) is 4.39. The molecule has 0 aliphatic carbocycles. The van der Waals surface area contributed by atoms with Gasteiger partial charge in [0.15, 0.2) is 11.5 Å². The van der Waals surface area contributed by atoms with Crippen molar-refractivity contribution in [1.82, 2.24) is 29.5 Å². The van der Waals surface area contributed by atoms with Crippen LogP contribution in [0.3, 0.4) is 0 Å². The van der Waals surface area contributed by atoms with E-state index in [1.165, 1.54) is 6.20 Å². The third kappa shape index (κ3) is 3.46. The number of nitrogens with one attached hydrogen (secondary N) is 1. The summed E-state index contributed by atoms with van der Waals surface area (Å²) in [6.45, 7) is 2.67. The first kappa shape index (κ1) is 19.7. The number of pyridine rings is 1. The second kappa shape index (κ2) is 7.45. The van der Waals surface area contributed by atoms with Crippen LogP contribution in [0.5, 0.6) is 0 Å². The molecular formula is C21H23N7O2S. The Morgan fingerprint density at radius 3 is 2.81 bits per heavy atom. The number of para-hydroxylation sites is 1. The summed E-state index contributed by atoms with van der Waals surface area (Å²) in [7, 11) is -2.08. The fourth-order valence-electron chi connectivity index (χ4n) is 4.09. The van der Waals surface area contributed by atoms with E-state index >= 15 is 0 Å².